The molecule has 1 amide bonds. The number of thioether (sulfide) groups is 1. The van der Waals surface area contributed by atoms with Crippen LogP contribution < -0.4 is 5.32 Å². The van der Waals surface area contributed by atoms with Gasteiger partial charge in [0.05, 0.1) is 12.1 Å². The minimum Gasteiger partial charge on any atom is -0.396 e. The fourth-order valence-corrected chi connectivity index (χ4v) is 4.73. The van der Waals surface area contributed by atoms with E-state index in [0.29, 0.717) is 17.0 Å². The summed E-state index contributed by atoms with van der Waals surface area (Å²) in [6.07, 6.45) is 2.68. The predicted octanol–water partition coefficient (Wildman–Crippen LogP) is 0.752. The average molecular weight is 298 g/mol. The Balaban J connectivity index is 1.71. The maximum absolute atomic E-state index is 12.1. The van der Waals surface area contributed by atoms with Crippen molar-refractivity contribution in [1.29, 1.82) is 0 Å². The van der Waals surface area contributed by atoms with Gasteiger partial charge in [-0.25, -0.2) is 0 Å². The molecule has 3 N–H and O–H groups in total. The molecular formula is C14H22N2O3S. The van der Waals surface area contributed by atoms with Crippen LogP contribution in [-0.4, -0.2) is 44.8 Å². The summed E-state index contributed by atoms with van der Waals surface area (Å²) in [7, 11) is 0. The van der Waals surface area contributed by atoms with Gasteiger partial charge >= 0.3 is 0 Å². The van der Waals surface area contributed by atoms with Crippen LogP contribution in [0.1, 0.15) is 33.1 Å². The number of hydrogen-bond acceptors (Lipinski definition) is 5. The Bertz CT molecular complexity index is 454. The fraction of sp³-hybridized carbons (Fsp3) is 0.857. The number of nitrogens with one attached hydrogen (secondary N) is 1. The summed E-state index contributed by atoms with van der Waals surface area (Å²) in [5, 5.41) is 22.6. The van der Waals surface area contributed by atoms with Crippen LogP contribution in [0.15, 0.2) is 4.99 Å². The van der Waals surface area contributed by atoms with Crippen LogP contribution in [-0.2, 0) is 4.79 Å². The number of carbonyl (C=O) groups excluding carboxylic acids is 1. The van der Waals surface area contributed by atoms with Gasteiger partial charge in [0.1, 0.15) is 4.75 Å². The van der Waals surface area contributed by atoms with Crippen molar-refractivity contribution >= 4 is 22.8 Å². The highest BCUT2D eigenvalue weighted by Crippen LogP contribution is 2.47. The molecule has 3 fully saturated rings. The molecule has 2 bridgehead atoms. The first kappa shape index (κ1) is 14.4. The zero-order valence-corrected chi connectivity index (χ0v) is 12.7. The monoisotopic (exact) mass is 298 g/mol. The van der Waals surface area contributed by atoms with E-state index in [2.05, 4.69) is 5.32 Å². The van der Waals surface area contributed by atoms with Gasteiger partial charge in [0, 0.05) is 12.5 Å². The minimum absolute atomic E-state index is 0.00940. The van der Waals surface area contributed by atoms with Crippen LogP contribution in [0.3, 0.4) is 0 Å². The standard InChI is InChI=1S/C14H22N2O3S/c1-7(6-17)14(2)12(19)16-13(20-14)15-10-4-9-3-8(10)5-11(9)18/h7-11,17-18H,3-6H2,1-2H3,(H,15,16,19)/t7-,8+,9+,10-,11+,14-/m0/s1. The molecule has 112 valence electrons. The van der Waals surface area contributed by atoms with Crippen molar-refractivity contribution in [2.75, 3.05) is 6.61 Å². The van der Waals surface area contributed by atoms with Crippen molar-refractivity contribution in [1.82, 2.24) is 5.32 Å². The van der Waals surface area contributed by atoms with Crippen LogP contribution in [0.2, 0.25) is 0 Å². The van der Waals surface area contributed by atoms with Crippen molar-refractivity contribution in [2.45, 2.75) is 50.0 Å². The Morgan fingerprint density at radius 3 is 2.75 bits per heavy atom. The second-order valence-electron chi connectivity index (χ2n) is 6.54. The smallest absolute Gasteiger partial charge is 0.242 e. The van der Waals surface area contributed by atoms with Crippen molar-refractivity contribution in [2.24, 2.45) is 22.7 Å². The summed E-state index contributed by atoms with van der Waals surface area (Å²) < 4.78 is -0.634. The van der Waals surface area contributed by atoms with Crippen molar-refractivity contribution in [3.63, 3.8) is 0 Å². The van der Waals surface area contributed by atoms with Gasteiger partial charge in [0.2, 0.25) is 5.91 Å². The van der Waals surface area contributed by atoms with E-state index in [-0.39, 0.29) is 30.6 Å². The zero-order valence-electron chi connectivity index (χ0n) is 11.9. The Morgan fingerprint density at radius 2 is 2.20 bits per heavy atom. The first-order valence-electron chi connectivity index (χ1n) is 7.31. The van der Waals surface area contributed by atoms with Crippen LogP contribution in [0, 0.1) is 17.8 Å². The Kier molecular flexibility index (Phi) is 3.59. The van der Waals surface area contributed by atoms with Gasteiger partial charge in [-0.1, -0.05) is 18.7 Å². The van der Waals surface area contributed by atoms with E-state index >= 15 is 0 Å². The molecule has 1 aliphatic heterocycles. The number of nitrogens with zero attached hydrogens (tertiary/aromatic N) is 1. The first-order chi connectivity index (χ1) is 9.44. The number of carbonyl (C=O) groups is 1. The molecule has 2 aliphatic carbocycles. The van der Waals surface area contributed by atoms with E-state index in [9.17, 15) is 15.0 Å². The summed E-state index contributed by atoms with van der Waals surface area (Å²) in [6.45, 7) is 3.73. The van der Waals surface area contributed by atoms with Gasteiger partial charge in [0.15, 0.2) is 5.17 Å². The van der Waals surface area contributed by atoms with Gasteiger partial charge in [-0.15, -0.1) is 0 Å². The summed E-state index contributed by atoms with van der Waals surface area (Å²) in [4.78, 5) is 16.8. The lowest BCUT2D eigenvalue weighted by Crippen LogP contribution is -2.40. The molecule has 20 heavy (non-hydrogen) atoms. The molecular weight excluding hydrogens is 276 g/mol. The molecule has 0 aromatic carbocycles. The number of fused-ring (bicyclic) bond motifs is 2. The third-order valence-corrected chi connectivity index (χ3v) is 6.67. The molecule has 2 saturated carbocycles. The molecule has 0 aromatic heterocycles. The number of hydrogen-bond donors (Lipinski definition) is 3. The molecule has 5 nitrogen and oxygen atoms in total. The second-order valence-corrected chi connectivity index (χ2v) is 7.98. The van der Waals surface area contributed by atoms with Crippen molar-refractivity contribution < 1.29 is 15.0 Å². The van der Waals surface area contributed by atoms with Crippen molar-refractivity contribution in [3.8, 4) is 0 Å². The van der Waals surface area contributed by atoms with E-state index in [0.717, 1.165) is 19.3 Å². The molecule has 3 aliphatic rings. The number of aliphatic hydroxyl groups is 2. The van der Waals surface area contributed by atoms with E-state index in [1.807, 2.05) is 13.8 Å². The number of aliphatic hydroxyl groups excluding tert-OH is 2. The van der Waals surface area contributed by atoms with Gasteiger partial charge < -0.3 is 15.5 Å². The number of amidine groups is 1. The van der Waals surface area contributed by atoms with Crippen LogP contribution >= 0.6 is 11.8 Å². The first-order valence-corrected chi connectivity index (χ1v) is 8.13. The maximum atomic E-state index is 12.1. The molecule has 3 rings (SSSR count). The minimum atomic E-state index is -0.634. The van der Waals surface area contributed by atoms with Gasteiger partial charge in [-0.05, 0) is 38.0 Å². The zero-order chi connectivity index (χ0) is 14.5. The lowest BCUT2D eigenvalue weighted by Gasteiger charge is -2.25. The number of aliphatic imine (C=N–C) groups is 1. The second kappa shape index (κ2) is 5.00. The molecule has 1 saturated heterocycles. The molecule has 0 radical (unpaired) electrons. The third-order valence-electron chi connectivity index (χ3n) is 5.26. The number of rotatable bonds is 3. The molecule has 1 heterocycles. The fourth-order valence-electron chi connectivity index (χ4n) is 3.57. The third kappa shape index (κ3) is 2.18. The Morgan fingerprint density at radius 1 is 1.45 bits per heavy atom. The van der Waals surface area contributed by atoms with E-state index in [1.165, 1.54) is 11.8 Å². The van der Waals surface area contributed by atoms with Crippen molar-refractivity contribution in [3.05, 3.63) is 0 Å². The van der Waals surface area contributed by atoms with Crippen LogP contribution in [0.4, 0.5) is 0 Å². The quantitative estimate of drug-likeness (QED) is 0.718. The Hall–Kier alpha value is -0.590. The number of amides is 1. The predicted molar refractivity (Wildman–Crippen MR) is 78.4 cm³/mol. The normalized spacial score (nSPS) is 47.0. The highest BCUT2D eigenvalue weighted by molar-refractivity contribution is 8.16. The highest BCUT2D eigenvalue weighted by Gasteiger charge is 2.49. The van der Waals surface area contributed by atoms with Gasteiger partial charge in [-0.2, -0.15) is 0 Å². The van der Waals surface area contributed by atoms with E-state index in [1.54, 1.807) is 0 Å². The summed E-state index contributed by atoms with van der Waals surface area (Å²) in [5.41, 5.74) is 0. The molecule has 0 unspecified atom stereocenters. The van der Waals surface area contributed by atoms with Gasteiger partial charge in [0.25, 0.3) is 0 Å². The van der Waals surface area contributed by atoms with E-state index in [4.69, 9.17) is 4.99 Å². The Labute approximate surface area is 123 Å². The molecule has 0 aromatic rings. The molecule has 6 atom stereocenters. The SMILES string of the molecule is C[C@@H](CO)[C@]1(C)SC(=N[C@H]2C[C@H]3C[C@@H]2C[C@H]3O)NC1=O. The van der Waals surface area contributed by atoms with Gasteiger partial charge in [-0.3, -0.25) is 9.79 Å². The summed E-state index contributed by atoms with van der Waals surface area (Å²) in [5.74, 6) is 0.675. The molecule has 6 heteroatoms. The average Bonchev–Trinajstić information content (AvgIpc) is 3.03. The summed E-state index contributed by atoms with van der Waals surface area (Å²) >= 11 is 1.44. The lowest BCUT2D eigenvalue weighted by molar-refractivity contribution is -0.122. The lowest BCUT2D eigenvalue weighted by atomic mass is 9.94. The van der Waals surface area contributed by atoms with Crippen LogP contribution in [0.5, 0.6) is 0 Å². The summed E-state index contributed by atoms with van der Waals surface area (Å²) in [6, 6.07) is 0.234. The topological polar surface area (TPSA) is 81.9 Å². The highest BCUT2D eigenvalue weighted by atomic mass is 32.2. The van der Waals surface area contributed by atoms with Crippen LogP contribution in [0.25, 0.3) is 0 Å². The largest absolute Gasteiger partial charge is 0.396 e. The van der Waals surface area contributed by atoms with E-state index < -0.39 is 4.75 Å². The molecule has 0 spiro atoms. The maximum Gasteiger partial charge on any atom is 0.242 e.